The molecule has 0 unspecified atom stereocenters. The molecule has 0 bridgehead atoms. The molecule has 1 aromatic heterocycles. The summed E-state index contributed by atoms with van der Waals surface area (Å²) in [5.41, 5.74) is 7.46. The zero-order chi connectivity index (χ0) is 13.1. The molecule has 5 nitrogen and oxygen atoms in total. The average molecular weight is 308 g/mol. The van der Waals surface area contributed by atoms with E-state index in [2.05, 4.69) is 26.2 Å². The van der Waals surface area contributed by atoms with Crippen molar-refractivity contribution in [2.24, 2.45) is 0 Å². The number of halogens is 1. The van der Waals surface area contributed by atoms with Crippen LogP contribution in [0, 0.1) is 0 Å². The van der Waals surface area contributed by atoms with E-state index >= 15 is 0 Å². The summed E-state index contributed by atoms with van der Waals surface area (Å²) >= 11 is 3.32. The average Bonchev–Trinajstić information content (AvgIpc) is 2.28. The molecule has 0 aliphatic heterocycles. The molecule has 1 heterocycles. The molecule has 0 aliphatic carbocycles. The molecule has 6 heteroatoms. The van der Waals surface area contributed by atoms with Gasteiger partial charge in [-0.2, -0.15) is 0 Å². The number of aromatic nitrogens is 1. The van der Waals surface area contributed by atoms with Crippen LogP contribution in [0.1, 0.15) is 10.4 Å². The number of benzene rings is 1. The predicted molar refractivity (Wildman–Crippen MR) is 73.0 cm³/mol. The third kappa shape index (κ3) is 2.78. The number of carboxylic acid groups (broad SMARTS) is 1. The normalized spacial score (nSPS) is 10.1. The molecular formula is C12H10BrN3O2. The number of hydrogen-bond acceptors (Lipinski definition) is 4. The van der Waals surface area contributed by atoms with Crippen molar-refractivity contribution in [1.82, 2.24) is 4.98 Å². The summed E-state index contributed by atoms with van der Waals surface area (Å²) in [4.78, 5) is 14.8. The molecule has 2 aromatic rings. The Morgan fingerprint density at radius 1 is 1.28 bits per heavy atom. The second-order valence-corrected chi connectivity index (χ2v) is 4.54. The van der Waals surface area contributed by atoms with Gasteiger partial charge in [0.05, 0.1) is 17.4 Å². The minimum absolute atomic E-state index is 0.0907. The molecule has 1 aromatic carbocycles. The van der Waals surface area contributed by atoms with Crippen LogP contribution in [0.3, 0.4) is 0 Å². The van der Waals surface area contributed by atoms with E-state index in [1.165, 1.54) is 6.07 Å². The zero-order valence-corrected chi connectivity index (χ0v) is 10.8. The number of aromatic carboxylic acids is 1. The molecule has 0 fully saturated rings. The van der Waals surface area contributed by atoms with E-state index in [1.807, 2.05) is 6.07 Å². The fraction of sp³-hybridized carbons (Fsp3) is 0. The molecule has 2 rings (SSSR count). The maximum absolute atomic E-state index is 10.8. The first-order chi connectivity index (χ1) is 8.56. The number of nitrogen functional groups attached to an aromatic ring is 1. The quantitative estimate of drug-likeness (QED) is 0.759. The number of nitrogens with two attached hydrogens (primary N) is 1. The number of carbonyl (C=O) groups is 1. The van der Waals surface area contributed by atoms with Gasteiger partial charge in [-0.25, -0.2) is 4.79 Å². The second kappa shape index (κ2) is 5.05. The molecular weight excluding hydrogens is 298 g/mol. The van der Waals surface area contributed by atoms with Crippen LogP contribution in [0.25, 0.3) is 0 Å². The molecule has 0 aliphatic rings. The van der Waals surface area contributed by atoms with Crippen LogP contribution in [-0.4, -0.2) is 16.1 Å². The summed E-state index contributed by atoms with van der Waals surface area (Å²) in [6.07, 6.45) is 3.33. The van der Waals surface area contributed by atoms with Gasteiger partial charge in [0.25, 0.3) is 0 Å². The molecule has 0 saturated carbocycles. The van der Waals surface area contributed by atoms with E-state index in [9.17, 15) is 4.79 Å². The second-order valence-electron chi connectivity index (χ2n) is 3.62. The van der Waals surface area contributed by atoms with E-state index < -0.39 is 5.97 Å². The summed E-state index contributed by atoms with van der Waals surface area (Å²) in [6, 6.07) is 6.55. The molecule has 0 radical (unpaired) electrons. The third-order valence-corrected chi connectivity index (χ3v) is 2.71. The lowest BCUT2D eigenvalue weighted by Gasteiger charge is -2.08. The molecule has 0 atom stereocenters. The van der Waals surface area contributed by atoms with Crippen molar-refractivity contribution in [3.63, 3.8) is 0 Å². The highest BCUT2D eigenvalue weighted by molar-refractivity contribution is 9.10. The first-order valence-corrected chi connectivity index (χ1v) is 5.86. The molecule has 0 amide bonds. The molecule has 4 N–H and O–H groups in total. The Kier molecular flexibility index (Phi) is 3.47. The number of carboxylic acids is 1. The summed E-state index contributed by atoms with van der Waals surface area (Å²) in [6.45, 7) is 0. The fourth-order valence-electron chi connectivity index (χ4n) is 1.48. The minimum Gasteiger partial charge on any atom is -0.478 e. The molecule has 92 valence electrons. The minimum atomic E-state index is -1.04. The van der Waals surface area contributed by atoms with Crippen LogP contribution in [0.4, 0.5) is 17.1 Å². The highest BCUT2D eigenvalue weighted by Crippen LogP contribution is 2.23. The Bertz CT molecular complexity index is 602. The monoisotopic (exact) mass is 307 g/mol. The van der Waals surface area contributed by atoms with Gasteiger partial charge in [-0.05, 0) is 40.2 Å². The van der Waals surface area contributed by atoms with Crippen LogP contribution in [0.2, 0.25) is 0 Å². The smallest absolute Gasteiger partial charge is 0.337 e. The predicted octanol–water partition coefficient (Wildman–Crippen LogP) is 2.87. The number of anilines is 3. The van der Waals surface area contributed by atoms with Crippen molar-refractivity contribution >= 4 is 39.0 Å². The van der Waals surface area contributed by atoms with Gasteiger partial charge in [-0.15, -0.1) is 0 Å². The summed E-state index contributed by atoms with van der Waals surface area (Å²) < 4.78 is 0.850. The standard InChI is InChI=1S/C12H10BrN3O2/c13-7-3-9(6-15-5-7)16-8-1-2-10(12(17)18)11(14)4-8/h1-6,16H,14H2,(H,17,18). The first-order valence-electron chi connectivity index (χ1n) is 5.06. The van der Waals surface area contributed by atoms with Crippen molar-refractivity contribution in [2.45, 2.75) is 0 Å². The lowest BCUT2D eigenvalue weighted by Crippen LogP contribution is -2.03. The van der Waals surface area contributed by atoms with E-state index in [4.69, 9.17) is 10.8 Å². The van der Waals surface area contributed by atoms with Gasteiger partial charge < -0.3 is 16.2 Å². The van der Waals surface area contributed by atoms with Gasteiger partial charge in [0.1, 0.15) is 0 Å². The highest BCUT2D eigenvalue weighted by Gasteiger charge is 2.08. The van der Waals surface area contributed by atoms with E-state index in [0.29, 0.717) is 5.69 Å². The first kappa shape index (κ1) is 12.4. The number of nitrogens with one attached hydrogen (secondary N) is 1. The van der Waals surface area contributed by atoms with Gasteiger partial charge in [0.2, 0.25) is 0 Å². The maximum atomic E-state index is 10.8. The molecule has 0 spiro atoms. The summed E-state index contributed by atoms with van der Waals surface area (Å²) in [5.74, 6) is -1.04. The lowest BCUT2D eigenvalue weighted by atomic mass is 10.1. The lowest BCUT2D eigenvalue weighted by molar-refractivity contribution is 0.0698. The maximum Gasteiger partial charge on any atom is 0.337 e. The Morgan fingerprint density at radius 3 is 2.67 bits per heavy atom. The Balaban J connectivity index is 2.25. The number of nitrogens with zero attached hydrogens (tertiary/aromatic N) is 1. The topological polar surface area (TPSA) is 88.2 Å². The third-order valence-electron chi connectivity index (χ3n) is 2.28. The summed E-state index contributed by atoms with van der Waals surface area (Å²) in [7, 11) is 0. The summed E-state index contributed by atoms with van der Waals surface area (Å²) in [5, 5.41) is 12.0. The zero-order valence-electron chi connectivity index (χ0n) is 9.22. The van der Waals surface area contributed by atoms with E-state index in [0.717, 1.165) is 10.2 Å². The van der Waals surface area contributed by atoms with Crippen molar-refractivity contribution < 1.29 is 9.90 Å². The van der Waals surface area contributed by atoms with E-state index in [1.54, 1.807) is 24.5 Å². The van der Waals surface area contributed by atoms with Crippen molar-refractivity contribution in [3.8, 4) is 0 Å². The van der Waals surface area contributed by atoms with Crippen LogP contribution < -0.4 is 11.1 Å². The Labute approximate surface area is 112 Å². The van der Waals surface area contributed by atoms with Crippen molar-refractivity contribution in [2.75, 3.05) is 11.1 Å². The Hall–Kier alpha value is -2.08. The van der Waals surface area contributed by atoms with Crippen molar-refractivity contribution in [1.29, 1.82) is 0 Å². The van der Waals surface area contributed by atoms with Gasteiger partial charge in [0.15, 0.2) is 0 Å². The van der Waals surface area contributed by atoms with Gasteiger partial charge in [-0.1, -0.05) is 0 Å². The van der Waals surface area contributed by atoms with Crippen LogP contribution >= 0.6 is 15.9 Å². The van der Waals surface area contributed by atoms with Gasteiger partial charge >= 0.3 is 5.97 Å². The van der Waals surface area contributed by atoms with Crippen molar-refractivity contribution in [3.05, 3.63) is 46.7 Å². The van der Waals surface area contributed by atoms with Gasteiger partial charge in [-0.3, -0.25) is 4.98 Å². The highest BCUT2D eigenvalue weighted by atomic mass is 79.9. The number of hydrogen-bond donors (Lipinski definition) is 3. The van der Waals surface area contributed by atoms with E-state index in [-0.39, 0.29) is 11.3 Å². The van der Waals surface area contributed by atoms with Crippen LogP contribution in [-0.2, 0) is 0 Å². The Morgan fingerprint density at radius 2 is 2.06 bits per heavy atom. The number of pyridine rings is 1. The number of rotatable bonds is 3. The van der Waals surface area contributed by atoms with Gasteiger partial charge in [0, 0.05) is 22.0 Å². The SMILES string of the molecule is Nc1cc(Nc2cncc(Br)c2)ccc1C(=O)O. The largest absolute Gasteiger partial charge is 0.478 e. The van der Waals surface area contributed by atoms with Crippen LogP contribution in [0.15, 0.2) is 41.1 Å². The van der Waals surface area contributed by atoms with Crippen LogP contribution in [0.5, 0.6) is 0 Å². The fourth-order valence-corrected chi connectivity index (χ4v) is 1.85. The molecule has 18 heavy (non-hydrogen) atoms. The molecule has 0 saturated heterocycles.